The Kier molecular flexibility index (Phi) is 1.24. The van der Waals surface area contributed by atoms with Crippen LogP contribution in [0.25, 0.3) is 0 Å². The quantitative estimate of drug-likeness (QED) is 0.333. The minimum atomic E-state index is -3.64. The van der Waals surface area contributed by atoms with Crippen molar-refractivity contribution in [2.24, 2.45) is 0 Å². The summed E-state index contributed by atoms with van der Waals surface area (Å²) in [5.74, 6) is 0. The van der Waals surface area contributed by atoms with E-state index in [0.29, 0.717) is 0 Å². The van der Waals surface area contributed by atoms with Crippen molar-refractivity contribution in [1.82, 2.24) is 0 Å². The predicted molar refractivity (Wildman–Crippen MR) is 22.3 cm³/mol. The number of hydrogen-bond acceptors (Lipinski definition) is 1. The minimum absolute atomic E-state index is 3.64. The Hall–Kier alpha value is 0.290. The fourth-order valence-electron chi connectivity index (χ4n) is 0. The SMILES string of the molecule is [B]P([B])(=N)F. The van der Waals surface area contributed by atoms with Gasteiger partial charge in [0.2, 0.25) is 0 Å². The Bertz CT molecular complexity index is 55.8. The molecule has 0 saturated carbocycles. The molecule has 4 radical (unpaired) electrons. The summed E-state index contributed by atoms with van der Waals surface area (Å²) in [5, 5.41) is 5.94. The first-order valence-electron chi connectivity index (χ1n) is 0.909. The molecule has 0 aliphatic rings. The molecule has 1 N–H and O–H groups in total. The van der Waals surface area contributed by atoms with E-state index in [4.69, 9.17) is 5.16 Å². The Balaban J connectivity index is 3.47. The van der Waals surface area contributed by atoms with Gasteiger partial charge in [0.15, 0.2) is 15.1 Å². The third kappa shape index (κ3) is 268. The second kappa shape index (κ2) is 1.17. The molecule has 0 aliphatic heterocycles. The average molecular weight is 86.6 g/mol. The topological polar surface area (TPSA) is 23.9 Å². The summed E-state index contributed by atoms with van der Waals surface area (Å²) in [4.78, 5) is 0. The van der Waals surface area contributed by atoms with E-state index in [0.717, 1.165) is 0 Å². The lowest BCUT2D eigenvalue weighted by Crippen LogP contribution is -1.59. The van der Waals surface area contributed by atoms with Crippen LogP contribution in [0.4, 0.5) is 4.20 Å². The number of halogens is 1. The molecule has 0 aliphatic carbocycles. The second-order valence-electron chi connectivity index (χ2n) is 0.687. The van der Waals surface area contributed by atoms with Crippen LogP contribution in [0.1, 0.15) is 0 Å². The lowest BCUT2D eigenvalue weighted by molar-refractivity contribution is 0.909. The highest BCUT2D eigenvalue weighted by molar-refractivity contribution is 8.03. The standard InChI is InChI=1S/B2FHNP/c1-5(2,3)4/h4H. The molecule has 0 fully saturated rings. The van der Waals surface area contributed by atoms with Gasteiger partial charge in [0, 0.05) is 7.12 Å². The summed E-state index contributed by atoms with van der Waals surface area (Å²) in [6, 6.07) is 0. The molecule has 0 aromatic heterocycles. The van der Waals surface area contributed by atoms with Gasteiger partial charge in [-0.3, -0.25) is 0 Å². The van der Waals surface area contributed by atoms with E-state index >= 15 is 0 Å². The van der Waals surface area contributed by atoms with E-state index in [1.807, 2.05) is 0 Å². The van der Waals surface area contributed by atoms with Crippen LogP contribution in [0.3, 0.4) is 0 Å². The Morgan fingerprint density at radius 2 is 1.60 bits per heavy atom. The zero-order valence-corrected chi connectivity index (χ0v) is 3.37. The molecule has 0 amide bonds. The maximum absolute atomic E-state index is 11.0. The molecule has 0 bridgehead atoms. The molecule has 5 heavy (non-hydrogen) atoms. The summed E-state index contributed by atoms with van der Waals surface area (Å²) in [7, 11) is 4.85. The zero-order valence-electron chi connectivity index (χ0n) is 2.48. The highest BCUT2D eigenvalue weighted by atomic mass is 31.2. The number of hydrogen-bond donors (Lipinski definition) is 1. The maximum Gasteiger partial charge on any atom is 0.163 e. The van der Waals surface area contributed by atoms with Gasteiger partial charge in [-0.1, -0.05) is 0 Å². The molecule has 0 heterocycles. The van der Waals surface area contributed by atoms with E-state index in [-0.39, 0.29) is 0 Å². The molecular formula is HB2FNP. The molecule has 24 valence electrons. The molecule has 0 rings (SSSR count). The van der Waals surface area contributed by atoms with Crippen LogP contribution >= 0.6 is 7.12 Å². The van der Waals surface area contributed by atoms with Gasteiger partial charge in [0.25, 0.3) is 0 Å². The Morgan fingerprint density at radius 1 is 1.60 bits per heavy atom. The summed E-state index contributed by atoms with van der Waals surface area (Å²) >= 11 is 0. The smallest absolute Gasteiger partial charge is 0.163 e. The second-order valence-corrected chi connectivity index (χ2v) is 2.06. The van der Waals surface area contributed by atoms with Gasteiger partial charge in [-0.2, -0.15) is 0 Å². The van der Waals surface area contributed by atoms with Gasteiger partial charge in [0.05, 0.1) is 0 Å². The van der Waals surface area contributed by atoms with Gasteiger partial charge < -0.3 is 5.16 Å². The highest BCUT2D eigenvalue weighted by Crippen LogP contribution is 2.34. The van der Waals surface area contributed by atoms with E-state index in [1.165, 1.54) is 0 Å². The van der Waals surface area contributed by atoms with Gasteiger partial charge in [-0.25, -0.2) is 4.20 Å². The Morgan fingerprint density at radius 3 is 1.60 bits per heavy atom. The van der Waals surface area contributed by atoms with E-state index < -0.39 is 7.12 Å². The third-order valence-electron chi connectivity index (χ3n) is 0. The van der Waals surface area contributed by atoms with Crippen LogP contribution in [0.5, 0.6) is 0 Å². The van der Waals surface area contributed by atoms with E-state index in [1.54, 1.807) is 0 Å². The van der Waals surface area contributed by atoms with Crippen LogP contribution in [0, 0.1) is 5.16 Å². The average Bonchev–Trinajstić information content (AvgIpc) is 0.722. The van der Waals surface area contributed by atoms with E-state index in [2.05, 4.69) is 15.1 Å². The van der Waals surface area contributed by atoms with E-state index in [9.17, 15) is 4.20 Å². The predicted octanol–water partition coefficient (Wildman–Crippen LogP) is 0.818. The maximum atomic E-state index is 11.0. The van der Waals surface area contributed by atoms with Crippen molar-refractivity contribution in [2.45, 2.75) is 0 Å². The summed E-state index contributed by atoms with van der Waals surface area (Å²) < 4.78 is 11.0. The molecule has 0 unspecified atom stereocenters. The van der Waals surface area contributed by atoms with Crippen molar-refractivity contribution in [1.29, 1.82) is 5.16 Å². The van der Waals surface area contributed by atoms with Crippen LogP contribution < -0.4 is 0 Å². The van der Waals surface area contributed by atoms with Crippen LogP contribution in [0.15, 0.2) is 0 Å². The molecule has 0 atom stereocenters. The van der Waals surface area contributed by atoms with Gasteiger partial charge in [-0.05, 0) is 0 Å². The van der Waals surface area contributed by atoms with Gasteiger partial charge in [0.1, 0.15) is 0 Å². The Labute approximate surface area is 32.7 Å². The van der Waals surface area contributed by atoms with Crippen LogP contribution in [0.2, 0.25) is 0 Å². The van der Waals surface area contributed by atoms with Crippen molar-refractivity contribution < 1.29 is 4.20 Å². The number of rotatable bonds is 0. The normalized spacial score (nSPS) is 11.4. The van der Waals surface area contributed by atoms with Crippen molar-refractivity contribution in [2.75, 3.05) is 0 Å². The lowest BCUT2D eigenvalue weighted by Gasteiger charge is -1.88. The zero-order chi connectivity index (χ0) is 4.50. The highest BCUT2D eigenvalue weighted by Gasteiger charge is 1.89. The van der Waals surface area contributed by atoms with Crippen molar-refractivity contribution in [3.63, 3.8) is 0 Å². The third-order valence-corrected chi connectivity index (χ3v) is 0. The van der Waals surface area contributed by atoms with Crippen LogP contribution in [-0.2, 0) is 0 Å². The fourth-order valence-corrected chi connectivity index (χ4v) is 0. The van der Waals surface area contributed by atoms with Crippen molar-refractivity contribution in [3.8, 4) is 0 Å². The molecule has 0 spiro atoms. The summed E-state index contributed by atoms with van der Waals surface area (Å²) in [5.41, 5.74) is 0. The molecular weight excluding hydrogens is 85.6 g/mol. The largest absolute Gasteiger partial charge is 0.307 e. The molecule has 0 aromatic rings. The van der Waals surface area contributed by atoms with Crippen molar-refractivity contribution in [3.05, 3.63) is 0 Å². The molecule has 0 saturated heterocycles. The van der Waals surface area contributed by atoms with Crippen LogP contribution in [-0.4, -0.2) is 15.1 Å². The first-order valence-corrected chi connectivity index (χ1v) is 2.73. The lowest BCUT2D eigenvalue weighted by atomic mass is 10.7. The first-order chi connectivity index (χ1) is 2.00. The molecule has 1 nitrogen and oxygen atoms in total. The number of nitrogens with one attached hydrogen (secondary N) is 1. The molecule has 5 heteroatoms. The fraction of sp³-hybridized carbons (Fsp3) is 0. The van der Waals surface area contributed by atoms with Gasteiger partial charge in [-0.15, -0.1) is 0 Å². The summed E-state index contributed by atoms with van der Waals surface area (Å²) in [6.07, 6.45) is 0. The molecule has 0 aromatic carbocycles. The monoisotopic (exact) mass is 87.0 g/mol. The van der Waals surface area contributed by atoms with Crippen molar-refractivity contribution >= 4 is 22.3 Å². The van der Waals surface area contributed by atoms with Gasteiger partial charge >= 0.3 is 0 Å². The minimum Gasteiger partial charge on any atom is -0.307 e. The first kappa shape index (κ1) is 5.29. The summed E-state index contributed by atoms with van der Waals surface area (Å²) in [6.45, 7) is 0.